The van der Waals surface area contributed by atoms with Gasteiger partial charge >= 0.3 is 0 Å². The van der Waals surface area contributed by atoms with Crippen LogP contribution in [0.15, 0.2) is 48.5 Å². The van der Waals surface area contributed by atoms with E-state index in [1.807, 2.05) is 0 Å². The third-order valence-corrected chi connectivity index (χ3v) is 2.95. The number of benzene rings is 2. The van der Waals surface area contributed by atoms with E-state index >= 15 is 0 Å². The van der Waals surface area contributed by atoms with E-state index in [4.69, 9.17) is 11.6 Å². The molecule has 0 bridgehead atoms. The second-order valence-corrected chi connectivity index (χ2v) is 4.81. The minimum atomic E-state index is -0.459. The molecule has 20 heavy (non-hydrogen) atoms. The Kier molecular flexibility index (Phi) is 4.58. The van der Waals surface area contributed by atoms with Gasteiger partial charge in [0.25, 0.3) is 0 Å². The average molecular weight is 293 g/mol. The summed E-state index contributed by atoms with van der Waals surface area (Å²) in [4.78, 5) is 12.0. The van der Waals surface area contributed by atoms with Gasteiger partial charge in [-0.1, -0.05) is 17.7 Å². The van der Waals surface area contributed by atoms with Gasteiger partial charge in [-0.05, 0) is 49.4 Å². The maximum atomic E-state index is 12.8. The summed E-state index contributed by atoms with van der Waals surface area (Å²) < 4.78 is 12.8. The number of hydrogen-bond donors (Lipinski definition) is 2. The Balaban J connectivity index is 1.96. The van der Waals surface area contributed by atoms with Gasteiger partial charge in [0.05, 0.1) is 0 Å². The molecule has 0 unspecified atom stereocenters. The van der Waals surface area contributed by atoms with Crippen molar-refractivity contribution in [3.8, 4) is 0 Å². The zero-order valence-electron chi connectivity index (χ0n) is 10.9. The molecule has 0 aliphatic heterocycles. The maximum absolute atomic E-state index is 12.8. The minimum absolute atomic E-state index is 0.198. The lowest BCUT2D eigenvalue weighted by Crippen LogP contribution is -2.31. The number of carbonyl (C=O) groups excluding carboxylic acids is 1. The van der Waals surface area contributed by atoms with Crippen LogP contribution >= 0.6 is 11.6 Å². The van der Waals surface area contributed by atoms with Crippen LogP contribution in [0.1, 0.15) is 6.92 Å². The Morgan fingerprint density at radius 1 is 1.15 bits per heavy atom. The third kappa shape index (κ3) is 3.96. The number of anilines is 2. The van der Waals surface area contributed by atoms with Crippen molar-refractivity contribution in [1.29, 1.82) is 0 Å². The van der Waals surface area contributed by atoms with Gasteiger partial charge < -0.3 is 10.6 Å². The number of amides is 1. The van der Waals surface area contributed by atoms with E-state index in [2.05, 4.69) is 10.6 Å². The van der Waals surface area contributed by atoms with Crippen LogP contribution in [-0.4, -0.2) is 11.9 Å². The normalized spacial score (nSPS) is 11.8. The van der Waals surface area contributed by atoms with Gasteiger partial charge in [-0.3, -0.25) is 4.79 Å². The SMILES string of the molecule is C[C@H](Nc1ccc(F)cc1)C(=O)Nc1cccc(Cl)c1. The molecular weight excluding hydrogens is 279 g/mol. The molecule has 5 heteroatoms. The maximum Gasteiger partial charge on any atom is 0.246 e. The molecule has 0 aromatic heterocycles. The van der Waals surface area contributed by atoms with Gasteiger partial charge in [-0.15, -0.1) is 0 Å². The molecule has 104 valence electrons. The van der Waals surface area contributed by atoms with Crippen molar-refractivity contribution in [3.05, 3.63) is 59.4 Å². The van der Waals surface area contributed by atoms with Crippen LogP contribution in [-0.2, 0) is 4.79 Å². The van der Waals surface area contributed by atoms with E-state index in [9.17, 15) is 9.18 Å². The first-order valence-corrected chi connectivity index (χ1v) is 6.51. The number of nitrogens with one attached hydrogen (secondary N) is 2. The van der Waals surface area contributed by atoms with Gasteiger partial charge in [-0.2, -0.15) is 0 Å². The fraction of sp³-hybridized carbons (Fsp3) is 0.133. The van der Waals surface area contributed by atoms with Gasteiger partial charge in [0, 0.05) is 16.4 Å². The largest absolute Gasteiger partial charge is 0.374 e. The van der Waals surface area contributed by atoms with Crippen molar-refractivity contribution in [2.24, 2.45) is 0 Å². The molecule has 2 N–H and O–H groups in total. The second kappa shape index (κ2) is 6.39. The summed E-state index contributed by atoms with van der Waals surface area (Å²) in [7, 11) is 0. The molecule has 3 nitrogen and oxygen atoms in total. The topological polar surface area (TPSA) is 41.1 Å². The molecule has 0 aliphatic rings. The zero-order valence-corrected chi connectivity index (χ0v) is 11.6. The highest BCUT2D eigenvalue weighted by atomic mass is 35.5. The summed E-state index contributed by atoms with van der Waals surface area (Å²) >= 11 is 5.85. The van der Waals surface area contributed by atoms with E-state index in [1.165, 1.54) is 12.1 Å². The predicted molar refractivity (Wildman–Crippen MR) is 79.6 cm³/mol. The number of halogens is 2. The smallest absolute Gasteiger partial charge is 0.246 e. The predicted octanol–water partition coefficient (Wildman–Crippen LogP) is 3.92. The summed E-state index contributed by atoms with van der Waals surface area (Å²) in [6.07, 6.45) is 0. The number of carbonyl (C=O) groups is 1. The van der Waals surface area contributed by atoms with Gasteiger partial charge in [0.1, 0.15) is 11.9 Å². The first-order valence-electron chi connectivity index (χ1n) is 6.13. The Labute approximate surface area is 121 Å². The zero-order chi connectivity index (χ0) is 14.5. The van der Waals surface area contributed by atoms with Crippen LogP contribution in [0.4, 0.5) is 15.8 Å². The average Bonchev–Trinajstić information content (AvgIpc) is 2.41. The molecule has 0 radical (unpaired) electrons. The molecular formula is C15H14ClFN2O. The first kappa shape index (κ1) is 14.3. The number of rotatable bonds is 4. The summed E-state index contributed by atoms with van der Waals surface area (Å²) in [5.41, 5.74) is 1.32. The van der Waals surface area contributed by atoms with Crippen molar-refractivity contribution in [1.82, 2.24) is 0 Å². The van der Waals surface area contributed by atoms with E-state index in [0.717, 1.165) is 0 Å². The van der Waals surface area contributed by atoms with Crippen LogP contribution in [0, 0.1) is 5.82 Å². The lowest BCUT2D eigenvalue weighted by Gasteiger charge is -2.15. The Morgan fingerprint density at radius 2 is 1.85 bits per heavy atom. The summed E-state index contributed by atoms with van der Waals surface area (Å²) in [5.74, 6) is -0.511. The highest BCUT2D eigenvalue weighted by Crippen LogP contribution is 2.16. The third-order valence-electron chi connectivity index (χ3n) is 2.71. The molecule has 1 atom stereocenters. The summed E-state index contributed by atoms with van der Waals surface area (Å²) in [6.45, 7) is 1.73. The first-order chi connectivity index (χ1) is 9.54. The van der Waals surface area contributed by atoms with Gasteiger partial charge in [0.2, 0.25) is 5.91 Å². The molecule has 0 aliphatic carbocycles. The molecule has 2 aromatic carbocycles. The van der Waals surface area contributed by atoms with Crippen molar-refractivity contribution in [3.63, 3.8) is 0 Å². The Morgan fingerprint density at radius 3 is 2.50 bits per heavy atom. The standard InChI is InChI=1S/C15H14ClFN2O/c1-10(18-13-7-5-12(17)6-8-13)15(20)19-14-4-2-3-11(16)9-14/h2-10,18H,1H3,(H,19,20)/t10-/m0/s1. The lowest BCUT2D eigenvalue weighted by atomic mass is 10.2. The van der Waals surface area contributed by atoms with Crippen LogP contribution in [0.25, 0.3) is 0 Å². The van der Waals surface area contributed by atoms with Crippen LogP contribution in [0.3, 0.4) is 0 Å². The Bertz CT molecular complexity index is 601. The minimum Gasteiger partial charge on any atom is -0.374 e. The quantitative estimate of drug-likeness (QED) is 0.897. The molecule has 1 amide bonds. The fourth-order valence-electron chi connectivity index (χ4n) is 1.68. The van der Waals surface area contributed by atoms with Crippen LogP contribution in [0.2, 0.25) is 5.02 Å². The van der Waals surface area contributed by atoms with Gasteiger partial charge in [0.15, 0.2) is 0 Å². The fourth-order valence-corrected chi connectivity index (χ4v) is 1.87. The molecule has 2 aromatic rings. The highest BCUT2D eigenvalue weighted by molar-refractivity contribution is 6.30. The highest BCUT2D eigenvalue weighted by Gasteiger charge is 2.12. The van der Waals surface area contributed by atoms with E-state index < -0.39 is 6.04 Å². The van der Waals surface area contributed by atoms with E-state index in [1.54, 1.807) is 43.3 Å². The monoisotopic (exact) mass is 292 g/mol. The van der Waals surface area contributed by atoms with Crippen molar-refractivity contribution in [2.75, 3.05) is 10.6 Å². The van der Waals surface area contributed by atoms with Crippen molar-refractivity contribution < 1.29 is 9.18 Å². The van der Waals surface area contributed by atoms with E-state index in [-0.39, 0.29) is 11.7 Å². The van der Waals surface area contributed by atoms with Gasteiger partial charge in [-0.25, -0.2) is 4.39 Å². The van der Waals surface area contributed by atoms with Crippen LogP contribution < -0.4 is 10.6 Å². The van der Waals surface area contributed by atoms with E-state index in [0.29, 0.717) is 16.4 Å². The molecule has 0 heterocycles. The summed E-state index contributed by atoms with van der Waals surface area (Å²) in [6, 6.07) is 12.3. The number of hydrogen-bond acceptors (Lipinski definition) is 2. The van der Waals surface area contributed by atoms with Crippen molar-refractivity contribution in [2.45, 2.75) is 13.0 Å². The molecule has 0 spiro atoms. The molecule has 0 saturated heterocycles. The lowest BCUT2D eigenvalue weighted by molar-refractivity contribution is -0.116. The van der Waals surface area contributed by atoms with Crippen molar-refractivity contribution >= 4 is 28.9 Å². The molecule has 0 fully saturated rings. The summed E-state index contributed by atoms with van der Waals surface area (Å²) in [5, 5.41) is 6.30. The molecule has 0 saturated carbocycles. The molecule has 2 rings (SSSR count). The Hall–Kier alpha value is -2.07. The second-order valence-electron chi connectivity index (χ2n) is 4.37. The van der Waals surface area contributed by atoms with Crippen LogP contribution in [0.5, 0.6) is 0 Å².